The first-order valence-corrected chi connectivity index (χ1v) is 9.31. The summed E-state index contributed by atoms with van der Waals surface area (Å²) in [6.45, 7) is 3.72. The third kappa shape index (κ3) is 4.51. The van der Waals surface area contributed by atoms with Crippen molar-refractivity contribution in [1.82, 2.24) is 4.90 Å². The maximum atomic E-state index is 9.70. The molecule has 25 heavy (non-hydrogen) atoms. The summed E-state index contributed by atoms with van der Waals surface area (Å²) in [5, 5.41) is 19.3. The summed E-state index contributed by atoms with van der Waals surface area (Å²) in [6.07, 6.45) is 5.12. The van der Waals surface area contributed by atoms with E-state index in [9.17, 15) is 10.2 Å². The predicted octanol–water partition coefficient (Wildman–Crippen LogP) is 4.50. The van der Waals surface area contributed by atoms with Gasteiger partial charge in [-0.1, -0.05) is 42.0 Å². The van der Waals surface area contributed by atoms with Crippen LogP contribution in [0.1, 0.15) is 41.5 Å². The summed E-state index contributed by atoms with van der Waals surface area (Å²) in [4.78, 5) is 3.22. The van der Waals surface area contributed by atoms with Crippen LogP contribution < -0.4 is 0 Å². The molecule has 0 unspecified atom stereocenters. The lowest BCUT2D eigenvalue weighted by molar-refractivity contribution is 0.377. The topological polar surface area (TPSA) is 43.7 Å². The van der Waals surface area contributed by atoms with Crippen LogP contribution in [0.25, 0.3) is 0 Å². The zero-order chi connectivity index (χ0) is 17.8. The highest BCUT2D eigenvalue weighted by molar-refractivity contribution is 7.80. The van der Waals surface area contributed by atoms with E-state index >= 15 is 0 Å². The van der Waals surface area contributed by atoms with Gasteiger partial charge in [0, 0.05) is 13.1 Å². The van der Waals surface area contributed by atoms with Gasteiger partial charge in [0.25, 0.3) is 0 Å². The van der Waals surface area contributed by atoms with Gasteiger partial charge in [0.1, 0.15) is 0 Å². The molecule has 2 N–H and O–H groups in total. The summed E-state index contributed by atoms with van der Waals surface area (Å²) in [5.74, 6) is -0.0875. The van der Waals surface area contributed by atoms with E-state index in [2.05, 4.69) is 36.1 Å². The lowest BCUT2D eigenvalue weighted by Gasteiger charge is -2.31. The third-order valence-electron chi connectivity index (χ3n) is 4.89. The van der Waals surface area contributed by atoms with Crippen molar-refractivity contribution in [2.45, 2.75) is 45.6 Å². The van der Waals surface area contributed by atoms with E-state index in [4.69, 9.17) is 12.2 Å². The van der Waals surface area contributed by atoms with Crippen LogP contribution in [0.4, 0.5) is 0 Å². The van der Waals surface area contributed by atoms with Crippen LogP contribution in [-0.2, 0) is 19.4 Å². The summed E-state index contributed by atoms with van der Waals surface area (Å²) >= 11 is 5.62. The lowest BCUT2D eigenvalue weighted by Crippen LogP contribution is -2.34. The van der Waals surface area contributed by atoms with Crippen molar-refractivity contribution >= 4 is 17.2 Å². The molecule has 2 aromatic rings. The number of unbranched alkanes of at least 4 members (excludes halogenated alkanes) is 1. The summed E-state index contributed by atoms with van der Waals surface area (Å²) in [5.41, 5.74) is 4.85. The molecule has 1 aliphatic rings. The fourth-order valence-corrected chi connectivity index (χ4v) is 3.61. The Bertz CT molecular complexity index is 755. The molecule has 4 heteroatoms. The van der Waals surface area contributed by atoms with Gasteiger partial charge in [-0.2, -0.15) is 0 Å². The van der Waals surface area contributed by atoms with Crippen molar-refractivity contribution in [3.8, 4) is 11.5 Å². The second-order valence-corrected chi connectivity index (χ2v) is 7.34. The van der Waals surface area contributed by atoms with Crippen molar-refractivity contribution in [3.05, 3.63) is 58.7 Å². The maximum absolute atomic E-state index is 9.70. The molecule has 0 fully saturated rings. The van der Waals surface area contributed by atoms with Crippen molar-refractivity contribution in [3.63, 3.8) is 0 Å². The molecule has 0 atom stereocenters. The Labute approximate surface area is 154 Å². The van der Waals surface area contributed by atoms with Crippen LogP contribution in [0.3, 0.4) is 0 Å². The molecule has 1 aliphatic heterocycles. The van der Waals surface area contributed by atoms with E-state index in [-0.39, 0.29) is 11.5 Å². The first kappa shape index (κ1) is 17.7. The third-order valence-corrected chi connectivity index (χ3v) is 5.35. The number of benzene rings is 2. The molecular formula is C21H25NO2S. The highest BCUT2D eigenvalue weighted by Crippen LogP contribution is 2.31. The smallest absolute Gasteiger partial charge is 0.157 e. The van der Waals surface area contributed by atoms with Gasteiger partial charge in [-0.25, -0.2) is 0 Å². The van der Waals surface area contributed by atoms with Crippen LogP contribution >= 0.6 is 12.2 Å². The van der Waals surface area contributed by atoms with Gasteiger partial charge in [0.2, 0.25) is 0 Å². The average molecular weight is 356 g/mol. The molecule has 0 radical (unpaired) electrons. The van der Waals surface area contributed by atoms with Crippen LogP contribution in [0.15, 0.2) is 36.4 Å². The highest BCUT2D eigenvalue weighted by Gasteiger charge is 2.19. The minimum absolute atomic E-state index is 0.0362. The van der Waals surface area contributed by atoms with E-state index in [1.165, 1.54) is 11.1 Å². The maximum Gasteiger partial charge on any atom is 0.157 e. The average Bonchev–Trinajstić information content (AvgIpc) is 2.60. The second-order valence-electron chi connectivity index (χ2n) is 6.87. The molecule has 2 aromatic carbocycles. The molecule has 0 saturated carbocycles. The van der Waals surface area contributed by atoms with E-state index < -0.39 is 0 Å². The van der Waals surface area contributed by atoms with Crippen LogP contribution in [0.2, 0.25) is 0 Å². The molecule has 132 valence electrons. The number of phenolic OH excluding ortho intramolecular Hbond substituents is 2. The molecule has 0 aromatic heterocycles. The fraction of sp³-hybridized carbons (Fsp3) is 0.381. The number of hydrogen-bond donors (Lipinski definition) is 2. The van der Waals surface area contributed by atoms with Crippen molar-refractivity contribution in [2.75, 3.05) is 6.54 Å². The van der Waals surface area contributed by atoms with Gasteiger partial charge in [0.05, 0.1) is 4.99 Å². The normalized spacial score (nSPS) is 13.6. The number of hydrogen-bond acceptors (Lipinski definition) is 3. The van der Waals surface area contributed by atoms with Crippen molar-refractivity contribution in [1.29, 1.82) is 0 Å². The van der Waals surface area contributed by atoms with E-state index in [1.807, 2.05) is 0 Å². The van der Waals surface area contributed by atoms with Crippen LogP contribution in [0.5, 0.6) is 11.5 Å². The largest absolute Gasteiger partial charge is 0.504 e. The number of nitrogens with zero attached hydrogens (tertiary/aromatic N) is 1. The van der Waals surface area contributed by atoms with Gasteiger partial charge < -0.3 is 15.1 Å². The van der Waals surface area contributed by atoms with Crippen molar-refractivity contribution < 1.29 is 10.2 Å². The number of aromatic hydroxyl groups is 2. The second kappa shape index (κ2) is 7.87. The highest BCUT2D eigenvalue weighted by atomic mass is 32.1. The minimum Gasteiger partial charge on any atom is -0.504 e. The molecular weight excluding hydrogens is 330 g/mol. The molecule has 0 bridgehead atoms. The molecule has 0 amide bonds. The lowest BCUT2D eigenvalue weighted by atomic mass is 9.98. The number of rotatable bonds is 5. The number of thiocarbonyl (C=S) groups is 1. The van der Waals surface area contributed by atoms with E-state index in [1.54, 1.807) is 12.1 Å². The standard InChI is InChI=1S/C21H25NO2S/c1-15-6-8-16(9-7-15)4-2-3-5-21(25)22-11-10-17-12-19(23)20(24)13-18(17)14-22/h6-9,12-13,23-24H,2-5,10-11,14H2,1H3. The Morgan fingerprint density at radius 2 is 1.72 bits per heavy atom. The van der Waals surface area contributed by atoms with Crippen LogP contribution in [0, 0.1) is 6.92 Å². The van der Waals surface area contributed by atoms with Gasteiger partial charge >= 0.3 is 0 Å². The number of phenols is 2. The summed E-state index contributed by atoms with van der Waals surface area (Å²) in [7, 11) is 0. The first-order chi connectivity index (χ1) is 12.0. The fourth-order valence-electron chi connectivity index (χ4n) is 3.31. The Morgan fingerprint density at radius 3 is 2.44 bits per heavy atom. The first-order valence-electron chi connectivity index (χ1n) is 8.90. The Balaban J connectivity index is 1.47. The Morgan fingerprint density at radius 1 is 1.04 bits per heavy atom. The monoisotopic (exact) mass is 355 g/mol. The zero-order valence-corrected chi connectivity index (χ0v) is 15.5. The van der Waals surface area contributed by atoms with Gasteiger partial charge in [-0.3, -0.25) is 0 Å². The molecule has 0 spiro atoms. The minimum atomic E-state index is -0.0513. The van der Waals surface area contributed by atoms with E-state index in [0.717, 1.165) is 61.3 Å². The Hall–Kier alpha value is -2.07. The Kier molecular flexibility index (Phi) is 5.59. The van der Waals surface area contributed by atoms with Gasteiger partial charge in [-0.05, 0) is 67.9 Å². The molecule has 3 rings (SSSR count). The predicted molar refractivity (Wildman–Crippen MR) is 105 cm³/mol. The molecule has 1 heterocycles. The quantitative estimate of drug-likeness (QED) is 0.471. The van der Waals surface area contributed by atoms with Gasteiger partial charge in [-0.15, -0.1) is 0 Å². The van der Waals surface area contributed by atoms with Crippen molar-refractivity contribution in [2.24, 2.45) is 0 Å². The van der Waals surface area contributed by atoms with Crippen LogP contribution in [-0.4, -0.2) is 26.6 Å². The molecule has 0 saturated heterocycles. The number of aryl methyl sites for hydroxylation is 2. The summed E-state index contributed by atoms with van der Waals surface area (Å²) in [6, 6.07) is 12.1. The van der Waals surface area contributed by atoms with E-state index in [0.29, 0.717) is 0 Å². The summed E-state index contributed by atoms with van der Waals surface area (Å²) < 4.78 is 0. The number of fused-ring (bicyclic) bond motifs is 1. The molecule has 0 aliphatic carbocycles. The van der Waals surface area contributed by atoms with Gasteiger partial charge in [0.15, 0.2) is 11.5 Å². The SMILES string of the molecule is Cc1ccc(CCCCC(=S)N2CCc3cc(O)c(O)cc3C2)cc1. The molecule has 3 nitrogen and oxygen atoms in total. The zero-order valence-electron chi connectivity index (χ0n) is 14.7.